The van der Waals surface area contributed by atoms with Crippen LogP contribution in [0.1, 0.15) is 66.0 Å². The van der Waals surface area contributed by atoms with Crippen molar-refractivity contribution in [3.05, 3.63) is 81.9 Å². The van der Waals surface area contributed by atoms with Gasteiger partial charge < -0.3 is 24.8 Å². The van der Waals surface area contributed by atoms with E-state index in [0.29, 0.717) is 24.0 Å². The zero-order chi connectivity index (χ0) is 35.0. The number of alkyl carbamates (subject to hydrolysis) is 1. The number of carboxylic acid groups (broad SMARTS) is 1. The molecule has 2 aliphatic rings. The monoisotopic (exact) mass is 676 g/mol. The summed E-state index contributed by atoms with van der Waals surface area (Å²) in [6.45, 7) is 9.73. The fourth-order valence-corrected chi connectivity index (χ4v) is 8.46. The number of nitrogens with one attached hydrogen (secondary N) is 2. The molecule has 0 radical (unpaired) electrons. The number of guanidine groups is 1. The van der Waals surface area contributed by atoms with Crippen LogP contribution in [0.3, 0.4) is 0 Å². The molecule has 0 saturated carbocycles. The van der Waals surface area contributed by atoms with E-state index in [1.165, 1.54) is 7.05 Å². The van der Waals surface area contributed by atoms with Gasteiger partial charge in [0.1, 0.15) is 24.0 Å². The lowest BCUT2D eigenvalue weighted by atomic mass is 9.94. The van der Waals surface area contributed by atoms with Gasteiger partial charge in [0, 0.05) is 38.5 Å². The maximum absolute atomic E-state index is 13.7. The third kappa shape index (κ3) is 6.85. The first kappa shape index (κ1) is 34.7. The molecule has 3 N–H and O–H groups in total. The van der Waals surface area contributed by atoms with Crippen molar-refractivity contribution in [2.45, 2.75) is 76.3 Å². The van der Waals surface area contributed by atoms with Crippen LogP contribution < -0.4 is 14.8 Å². The fourth-order valence-electron chi connectivity index (χ4n) is 6.79. The van der Waals surface area contributed by atoms with Crippen LogP contribution >= 0.6 is 0 Å². The molecule has 1 amide bonds. The second kappa shape index (κ2) is 13.5. The molecule has 11 nitrogen and oxygen atoms in total. The Labute approximate surface area is 282 Å². The summed E-state index contributed by atoms with van der Waals surface area (Å²) < 4.78 is 41.8. The molecule has 5 rings (SSSR count). The van der Waals surface area contributed by atoms with Gasteiger partial charge in [0.25, 0.3) is 10.0 Å². The van der Waals surface area contributed by atoms with E-state index < -0.39 is 33.7 Å². The normalized spacial score (nSPS) is 15.5. The maximum Gasteiger partial charge on any atom is 0.407 e. The smallest absolute Gasteiger partial charge is 0.407 e. The van der Waals surface area contributed by atoms with Crippen LogP contribution in [0, 0.1) is 20.8 Å². The van der Waals surface area contributed by atoms with E-state index in [1.54, 1.807) is 25.8 Å². The minimum absolute atomic E-state index is 0.0683. The lowest BCUT2D eigenvalue weighted by Crippen LogP contribution is -2.44. The Hall–Kier alpha value is -4.58. The first-order valence-corrected chi connectivity index (χ1v) is 17.5. The second-order valence-corrected chi connectivity index (χ2v) is 14.7. The summed E-state index contributed by atoms with van der Waals surface area (Å²) in [5, 5.41) is 12.3. The highest BCUT2D eigenvalue weighted by molar-refractivity contribution is 7.90. The molecule has 0 unspecified atom stereocenters. The van der Waals surface area contributed by atoms with E-state index in [2.05, 4.69) is 15.0 Å². The predicted octanol–water partition coefficient (Wildman–Crippen LogP) is 5.29. The van der Waals surface area contributed by atoms with Crippen LogP contribution in [0.15, 0.2) is 58.4 Å². The van der Waals surface area contributed by atoms with Crippen molar-refractivity contribution in [3.63, 3.8) is 0 Å². The van der Waals surface area contributed by atoms with E-state index in [9.17, 15) is 23.1 Å². The molecule has 1 aliphatic heterocycles. The summed E-state index contributed by atoms with van der Waals surface area (Å²) in [5.41, 5.74) is 6.81. The summed E-state index contributed by atoms with van der Waals surface area (Å²) in [4.78, 5) is 30.8. The summed E-state index contributed by atoms with van der Waals surface area (Å²) in [6, 6.07) is 14.7. The number of carbonyl (C=O) groups is 2. The Balaban J connectivity index is 1.17. The zero-order valence-corrected chi connectivity index (χ0v) is 29.3. The van der Waals surface area contributed by atoms with E-state index in [-0.39, 0.29) is 36.3 Å². The Morgan fingerprint density at radius 3 is 2.23 bits per heavy atom. The summed E-state index contributed by atoms with van der Waals surface area (Å²) in [5.74, 6) is -0.486. The minimum Gasteiger partial charge on any atom is -0.487 e. The first-order valence-electron chi connectivity index (χ1n) is 16.0. The number of ether oxygens (including phenoxy) is 2. The van der Waals surface area contributed by atoms with Crippen molar-refractivity contribution in [1.82, 2.24) is 14.9 Å². The number of carboxylic acids is 1. The molecule has 0 aromatic heterocycles. The Morgan fingerprint density at radius 1 is 1.04 bits per heavy atom. The number of aliphatic imine (C=N–C) groups is 1. The largest absolute Gasteiger partial charge is 0.487 e. The molecular weight excluding hydrogens is 632 g/mol. The zero-order valence-electron chi connectivity index (χ0n) is 28.5. The van der Waals surface area contributed by atoms with Gasteiger partial charge in [-0.25, -0.2) is 22.7 Å². The van der Waals surface area contributed by atoms with E-state index >= 15 is 0 Å². The minimum atomic E-state index is -4.03. The van der Waals surface area contributed by atoms with Crippen molar-refractivity contribution >= 4 is 28.0 Å². The van der Waals surface area contributed by atoms with Crippen LogP contribution in [0.25, 0.3) is 11.1 Å². The number of aliphatic carboxylic acids is 1. The van der Waals surface area contributed by atoms with Crippen molar-refractivity contribution in [2.75, 3.05) is 27.2 Å². The molecule has 12 heteroatoms. The van der Waals surface area contributed by atoms with Crippen LogP contribution in [-0.2, 0) is 26.0 Å². The SMILES string of the molecule is CN=C(NS(=O)(=O)c1c(C)c(C)c2c(c1C)CC(C)(C)O2)N(C)CCC[C@H](NC(=O)OCC1c2ccccc2-c2ccccc21)C(=O)O. The molecule has 1 heterocycles. The van der Waals surface area contributed by atoms with Gasteiger partial charge in [-0.1, -0.05) is 48.5 Å². The lowest BCUT2D eigenvalue weighted by molar-refractivity contribution is -0.139. The molecule has 48 heavy (non-hydrogen) atoms. The Bertz CT molecular complexity index is 1840. The summed E-state index contributed by atoms with van der Waals surface area (Å²) >= 11 is 0. The number of amides is 1. The molecule has 0 saturated heterocycles. The number of hydrogen-bond donors (Lipinski definition) is 3. The van der Waals surface area contributed by atoms with Gasteiger partial charge in [0.2, 0.25) is 5.96 Å². The second-order valence-electron chi connectivity index (χ2n) is 13.1. The number of carbonyl (C=O) groups excluding carboxylic acids is 1. The van der Waals surface area contributed by atoms with Crippen LogP contribution in [0.5, 0.6) is 5.75 Å². The quantitative estimate of drug-likeness (QED) is 0.194. The number of benzene rings is 3. The van der Waals surface area contributed by atoms with Crippen molar-refractivity contribution in [3.8, 4) is 16.9 Å². The Kier molecular flexibility index (Phi) is 9.77. The molecule has 1 atom stereocenters. The average Bonchev–Trinajstić information content (AvgIpc) is 3.54. The molecule has 3 aromatic rings. The molecule has 0 fully saturated rings. The van der Waals surface area contributed by atoms with Gasteiger partial charge in [-0.2, -0.15) is 0 Å². The standard InChI is InChI=1S/C36H44N4O7S/c1-21-22(2)32(23(3)28-19-36(4,5)47-31(21)28)48(44,45)39-34(37-6)40(7)18-12-17-30(33(41)42)38-35(43)46-20-29-26-15-10-8-13-24(26)25-14-9-11-16-27(25)29/h8-11,13-16,29-30H,12,17-20H2,1-7H3,(H,37,39)(H,38,43)(H,41,42)/t30-/m0/s1. The van der Waals surface area contributed by atoms with Gasteiger partial charge in [0.05, 0.1) is 4.90 Å². The van der Waals surface area contributed by atoms with E-state index in [4.69, 9.17) is 9.47 Å². The molecule has 0 bridgehead atoms. The lowest BCUT2D eigenvalue weighted by Gasteiger charge is -2.24. The van der Waals surface area contributed by atoms with Crippen molar-refractivity contribution in [1.29, 1.82) is 0 Å². The van der Waals surface area contributed by atoms with E-state index in [1.807, 2.05) is 69.3 Å². The van der Waals surface area contributed by atoms with E-state index in [0.717, 1.165) is 39.1 Å². The summed E-state index contributed by atoms with van der Waals surface area (Å²) in [6.07, 6.45) is 0.193. The van der Waals surface area contributed by atoms with Crippen molar-refractivity contribution in [2.24, 2.45) is 4.99 Å². The highest BCUT2D eigenvalue weighted by atomic mass is 32.2. The number of rotatable bonds is 10. The van der Waals surface area contributed by atoms with Gasteiger partial charge in [-0.05, 0) is 86.4 Å². The van der Waals surface area contributed by atoms with Crippen molar-refractivity contribution < 1.29 is 32.6 Å². The highest BCUT2D eigenvalue weighted by Crippen LogP contribution is 2.45. The van der Waals surface area contributed by atoms with Crippen LogP contribution in [-0.4, -0.2) is 75.3 Å². The molecule has 3 aromatic carbocycles. The molecule has 1 aliphatic carbocycles. The van der Waals surface area contributed by atoms with Crippen LogP contribution in [0.2, 0.25) is 0 Å². The van der Waals surface area contributed by atoms with Gasteiger partial charge in [-0.3, -0.25) is 4.99 Å². The number of sulfonamides is 1. The number of hydrogen-bond acceptors (Lipinski definition) is 7. The van der Waals surface area contributed by atoms with Gasteiger partial charge in [0.15, 0.2) is 0 Å². The third-order valence-corrected chi connectivity index (χ3v) is 10.9. The third-order valence-electron chi connectivity index (χ3n) is 9.28. The predicted molar refractivity (Wildman–Crippen MR) is 184 cm³/mol. The summed E-state index contributed by atoms with van der Waals surface area (Å²) in [7, 11) is -0.873. The van der Waals surface area contributed by atoms with Gasteiger partial charge in [-0.15, -0.1) is 0 Å². The number of nitrogens with zero attached hydrogens (tertiary/aromatic N) is 2. The van der Waals surface area contributed by atoms with Gasteiger partial charge >= 0.3 is 12.1 Å². The topological polar surface area (TPSA) is 147 Å². The maximum atomic E-state index is 13.7. The molecule has 0 spiro atoms. The Morgan fingerprint density at radius 2 is 1.65 bits per heavy atom. The first-order chi connectivity index (χ1) is 22.6. The van der Waals surface area contributed by atoms with Crippen LogP contribution in [0.4, 0.5) is 4.79 Å². The fraction of sp³-hybridized carbons (Fsp3) is 0.417. The molecular formula is C36H44N4O7S. The molecule has 256 valence electrons. The highest BCUT2D eigenvalue weighted by Gasteiger charge is 2.37. The number of fused-ring (bicyclic) bond motifs is 4. The average molecular weight is 677 g/mol.